The van der Waals surface area contributed by atoms with E-state index in [9.17, 15) is 8.78 Å². The molecule has 3 rings (SSSR count). The molecule has 0 radical (unpaired) electrons. The minimum atomic E-state index is -0.470. The largest absolute Gasteiger partial charge is 0.352 e. The van der Waals surface area contributed by atoms with Gasteiger partial charge in [-0.3, -0.25) is 4.99 Å². The lowest BCUT2D eigenvalue weighted by molar-refractivity contribution is 0.581. The summed E-state index contributed by atoms with van der Waals surface area (Å²) in [6.45, 7) is 0.624. The van der Waals surface area contributed by atoms with Crippen LogP contribution in [0.1, 0.15) is 10.6 Å². The van der Waals surface area contributed by atoms with Crippen LogP contribution in [-0.2, 0) is 13.1 Å². The van der Waals surface area contributed by atoms with E-state index in [1.165, 1.54) is 6.07 Å². The highest BCUT2D eigenvalue weighted by Crippen LogP contribution is 2.21. The van der Waals surface area contributed by atoms with Crippen LogP contribution in [0.4, 0.5) is 8.78 Å². The van der Waals surface area contributed by atoms with Crippen molar-refractivity contribution in [3.05, 3.63) is 76.1 Å². The fourth-order valence-electron chi connectivity index (χ4n) is 2.37. The molecule has 0 aliphatic heterocycles. The van der Waals surface area contributed by atoms with Crippen molar-refractivity contribution >= 4 is 17.3 Å². The standard InChI is InChI=1S/C19H18F2N4S/c1-22-19(23-10-14-9-15(20)7-8-16(14)21)24-11-18-25-17(12-26-18)13-5-3-2-4-6-13/h2-9,12H,10-11H2,1H3,(H2,22,23,24). The van der Waals surface area contributed by atoms with E-state index in [4.69, 9.17) is 0 Å². The number of hydrogen-bond donors (Lipinski definition) is 2. The zero-order valence-corrected chi connectivity index (χ0v) is 15.0. The van der Waals surface area contributed by atoms with Crippen molar-refractivity contribution in [3.63, 3.8) is 0 Å². The van der Waals surface area contributed by atoms with Gasteiger partial charge in [0, 0.05) is 30.1 Å². The van der Waals surface area contributed by atoms with Gasteiger partial charge in [0.05, 0.1) is 12.2 Å². The van der Waals surface area contributed by atoms with Gasteiger partial charge in [-0.15, -0.1) is 11.3 Å². The highest BCUT2D eigenvalue weighted by atomic mass is 32.1. The summed E-state index contributed by atoms with van der Waals surface area (Å²) in [4.78, 5) is 8.68. The molecule has 0 aliphatic rings. The Labute approximate surface area is 154 Å². The summed E-state index contributed by atoms with van der Waals surface area (Å²) in [5.41, 5.74) is 2.24. The molecule has 1 heterocycles. The highest BCUT2D eigenvalue weighted by molar-refractivity contribution is 7.09. The van der Waals surface area contributed by atoms with Crippen molar-refractivity contribution < 1.29 is 8.78 Å². The molecular weight excluding hydrogens is 354 g/mol. The van der Waals surface area contributed by atoms with Gasteiger partial charge in [-0.05, 0) is 18.2 Å². The number of guanidine groups is 1. The van der Waals surface area contributed by atoms with Crippen LogP contribution in [0.2, 0.25) is 0 Å². The van der Waals surface area contributed by atoms with Gasteiger partial charge in [0.1, 0.15) is 16.6 Å². The van der Waals surface area contributed by atoms with Crippen LogP contribution in [0, 0.1) is 11.6 Å². The second kappa shape index (κ2) is 8.53. The smallest absolute Gasteiger partial charge is 0.191 e. The van der Waals surface area contributed by atoms with Crippen molar-refractivity contribution in [2.45, 2.75) is 13.1 Å². The normalized spacial score (nSPS) is 11.4. The summed E-state index contributed by atoms with van der Waals surface area (Å²) < 4.78 is 26.9. The number of rotatable bonds is 5. The quantitative estimate of drug-likeness (QED) is 0.527. The Morgan fingerprint density at radius 2 is 1.85 bits per heavy atom. The molecule has 2 aromatic carbocycles. The summed E-state index contributed by atoms with van der Waals surface area (Å²) in [6.07, 6.45) is 0. The van der Waals surface area contributed by atoms with Crippen LogP contribution >= 0.6 is 11.3 Å². The van der Waals surface area contributed by atoms with E-state index < -0.39 is 11.6 Å². The molecule has 4 nitrogen and oxygen atoms in total. The molecular formula is C19H18F2N4S. The maximum atomic E-state index is 13.7. The van der Waals surface area contributed by atoms with Gasteiger partial charge in [0.15, 0.2) is 5.96 Å². The molecule has 0 saturated carbocycles. The number of hydrogen-bond acceptors (Lipinski definition) is 3. The molecule has 26 heavy (non-hydrogen) atoms. The average molecular weight is 372 g/mol. The van der Waals surface area contributed by atoms with Gasteiger partial charge in [-0.25, -0.2) is 13.8 Å². The van der Waals surface area contributed by atoms with Crippen LogP contribution in [0.15, 0.2) is 58.9 Å². The predicted molar refractivity (Wildman–Crippen MR) is 101 cm³/mol. The molecule has 0 aliphatic carbocycles. The molecule has 0 fully saturated rings. The molecule has 0 spiro atoms. The Bertz CT molecular complexity index is 894. The van der Waals surface area contributed by atoms with Crippen molar-refractivity contribution in [2.24, 2.45) is 4.99 Å². The Balaban J connectivity index is 1.56. The van der Waals surface area contributed by atoms with E-state index in [0.29, 0.717) is 12.5 Å². The first-order chi connectivity index (χ1) is 12.7. The van der Waals surface area contributed by atoms with Gasteiger partial charge in [-0.2, -0.15) is 0 Å². The Kier molecular flexibility index (Phi) is 5.91. The van der Waals surface area contributed by atoms with Crippen LogP contribution in [0.25, 0.3) is 11.3 Å². The van der Waals surface area contributed by atoms with Crippen LogP contribution < -0.4 is 10.6 Å². The number of benzene rings is 2. The second-order valence-electron chi connectivity index (χ2n) is 5.51. The Morgan fingerprint density at radius 3 is 2.62 bits per heavy atom. The van der Waals surface area contributed by atoms with E-state index in [1.807, 2.05) is 35.7 Å². The molecule has 0 saturated heterocycles. The third-order valence-electron chi connectivity index (χ3n) is 3.71. The number of nitrogens with one attached hydrogen (secondary N) is 2. The van der Waals surface area contributed by atoms with Gasteiger partial charge >= 0.3 is 0 Å². The van der Waals surface area contributed by atoms with Gasteiger partial charge in [-0.1, -0.05) is 30.3 Å². The number of aliphatic imine (C=N–C) groups is 1. The zero-order valence-electron chi connectivity index (χ0n) is 14.2. The number of thiazole rings is 1. The number of nitrogens with zero attached hydrogens (tertiary/aromatic N) is 2. The molecule has 7 heteroatoms. The lowest BCUT2D eigenvalue weighted by atomic mass is 10.2. The van der Waals surface area contributed by atoms with Gasteiger partial charge in [0.25, 0.3) is 0 Å². The molecule has 134 valence electrons. The van der Waals surface area contributed by atoms with E-state index in [-0.39, 0.29) is 12.1 Å². The van der Waals surface area contributed by atoms with Gasteiger partial charge < -0.3 is 10.6 Å². The Hall–Kier alpha value is -2.80. The lowest BCUT2D eigenvalue weighted by Crippen LogP contribution is -2.36. The molecule has 0 bridgehead atoms. The minimum Gasteiger partial charge on any atom is -0.352 e. The van der Waals surface area contributed by atoms with Crippen molar-refractivity contribution in [1.29, 1.82) is 0 Å². The average Bonchev–Trinajstić information content (AvgIpc) is 3.14. The fraction of sp³-hybridized carbons (Fsp3) is 0.158. The molecule has 0 unspecified atom stereocenters. The van der Waals surface area contributed by atoms with E-state index >= 15 is 0 Å². The zero-order chi connectivity index (χ0) is 18.4. The first-order valence-electron chi connectivity index (χ1n) is 8.04. The summed E-state index contributed by atoms with van der Waals surface area (Å²) in [5, 5.41) is 9.01. The SMILES string of the molecule is CN=C(NCc1nc(-c2ccccc2)cs1)NCc1cc(F)ccc1F. The monoisotopic (exact) mass is 372 g/mol. The minimum absolute atomic E-state index is 0.135. The number of aromatic nitrogens is 1. The first kappa shape index (κ1) is 18.0. The summed E-state index contributed by atoms with van der Waals surface area (Å²) in [7, 11) is 1.62. The first-order valence-corrected chi connectivity index (χ1v) is 8.92. The summed E-state index contributed by atoms with van der Waals surface area (Å²) in [5.74, 6) is -0.436. The topological polar surface area (TPSA) is 49.3 Å². The Morgan fingerprint density at radius 1 is 1.08 bits per heavy atom. The number of halogens is 2. The molecule has 3 aromatic rings. The van der Waals surface area contributed by atoms with Crippen LogP contribution in [0.3, 0.4) is 0 Å². The van der Waals surface area contributed by atoms with E-state index in [1.54, 1.807) is 18.4 Å². The van der Waals surface area contributed by atoms with Crippen LogP contribution in [0.5, 0.6) is 0 Å². The third kappa shape index (κ3) is 4.64. The maximum absolute atomic E-state index is 13.7. The lowest BCUT2D eigenvalue weighted by Gasteiger charge is -2.11. The third-order valence-corrected chi connectivity index (χ3v) is 4.55. The predicted octanol–water partition coefficient (Wildman–Crippen LogP) is 3.95. The van der Waals surface area contributed by atoms with Crippen molar-refractivity contribution in [2.75, 3.05) is 7.05 Å². The molecule has 2 N–H and O–H groups in total. The van der Waals surface area contributed by atoms with Crippen molar-refractivity contribution in [1.82, 2.24) is 15.6 Å². The van der Waals surface area contributed by atoms with Crippen molar-refractivity contribution in [3.8, 4) is 11.3 Å². The summed E-state index contributed by atoms with van der Waals surface area (Å²) >= 11 is 1.55. The second-order valence-corrected chi connectivity index (χ2v) is 6.45. The summed E-state index contributed by atoms with van der Waals surface area (Å²) in [6, 6.07) is 13.3. The maximum Gasteiger partial charge on any atom is 0.191 e. The van der Waals surface area contributed by atoms with Crippen LogP contribution in [-0.4, -0.2) is 18.0 Å². The fourth-order valence-corrected chi connectivity index (χ4v) is 3.11. The van der Waals surface area contributed by atoms with E-state index in [2.05, 4.69) is 20.6 Å². The molecule has 1 aromatic heterocycles. The van der Waals surface area contributed by atoms with Gasteiger partial charge in [0.2, 0.25) is 0 Å². The molecule has 0 amide bonds. The highest BCUT2D eigenvalue weighted by Gasteiger charge is 2.07. The van der Waals surface area contributed by atoms with E-state index in [0.717, 1.165) is 28.4 Å². The molecule has 0 atom stereocenters.